The summed E-state index contributed by atoms with van der Waals surface area (Å²) in [6, 6.07) is 0. The van der Waals surface area contributed by atoms with Crippen molar-refractivity contribution in [3.05, 3.63) is 12.7 Å². The summed E-state index contributed by atoms with van der Waals surface area (Å²) in [5, 5.41) is 0. The Labute approximate surface area is 82.2 Å². The van der Waals surface area contributed by atoms with E-state index in [-0.39, 0.29) is 0 Å². The average Bonchev–Trinajstić information content (AvgIpc) is 2.16. The van der Waals surface area contributed by atoms with E-state index in [4.69, 9.17) is 0 Å². The Bertz CT molecular complexity index is 149. The number of hydrogen-bond donors (Lipinski definition) is 0. The molecule has 0 aromatic rings. The van der Waals surface area contributed by atoms with Crippen LogP contribution in [0.15, 0.2) is 12.7 Å². The highest BCUT2D eigenvalue weighted by Gasteiger charge is 2.14. The maximum absolute atomic E-state index is 11.6. The number of unbranched alkanes of at least 4 members (excludes halogenated alkanes) is 1. The van der Waals surface area contributed by atoms with Crippen LogP contribution in [0.5, 0.6) is 0 Å². The first kappa shape index (κ1) is 12.4. The van der Waals surface area contributed by atoms with Gasteiger partial charge in [-0.15, -0.1) is 6.58 Å². The number of allylic oxidation sites excluding steroid dienone is 1. The highest BCUT2D eigenvalue weighted by Crippen LogP contribution is 2.16. The number of carbonyl (C=O) groups excluding carboxylic acids is 1. The first-order chi connectivity index (χ1) is 6.26. The average molecular weight is 182 g/mol. The molecule has 0 aliphatic heterocycles. The lowest BCUT2D eigenvalue weighted by atomic mass is 9.92. The monoisotopic (exact) mass is 182 g/mol. The fourth-order valence-corrected chi connectivity index (χ4v) is 1.49. The van der Waals surface area contributed by atoms with Crippen LogP contribution < -0.4 is 0 Å². The van der Waals surface area contributed by atoms with Crippen LogP contribution in [0.2, 0.25) is 0 Å². The van der Waals surface area contributed by atoms with Gasteiger partial charge in [-0.25, -0.2) is 0 Å². The van der Waals surface area contributed by atoms with Crippen molar-refractivity contribution in [2.75, 3.05) is 0 Å². The van der Waals surface area contributed by atoms with Gasteiger partial charge in [0.05, 0.1) is 0 Å². The molecular formula is C12H22O. The molecule has 0 aliphatic carbocycles. The van der Waals surface area contributed by atoms with Crippen molar-refractivity contribution in [3.63, 3.8) is 0 Å². The molecule has 0 saturated carbocycles. The summed E-state index contributed by atoms with van der Waals surface area (Å²) >= 11 is 0. The first-order valence-electron chi connectivity index (χ1n) is 5.39. The number of Topliss-reactive ketones (excluding diaryl/α,β-unsaturated/α-hetero) is 1. The van der Waals surface area contributed by atoms with Crippen molar-refractivity contribution in [2.45, 2.75) is 52.4 Å². The molecule has 0 heterocycles. The lowest BCUT2D eigenvalue weighted by Crippen LogP contribution is -2.13. The van der Waals surface area contributed by atoms with E-state index in [1.807, 2.05) is 6.08 Å². The van der Waals surface area contributed by atoms with Crippen LogP contribution in [0.25, 0.3) is 0 Å². The molecule has 0 amide bonds. The predicted molar refractivity (Wildman–Crippen MR) is 57.7 cm³/mol. The van der Waals surface area contributed by atoms with Crippen LogP contribution in [-0.2, 0) is 4.79 Å². The molecule has 1 atom stereocenters. The Balaban J connectivity index is 3.77. The fourth-order valence-electron chi connectivity index (χ4n) is 1.49. The maximum Gasteiger partial charge on any atom is 0.136 e. The Morgan fingerprint density at radius 1 is 1.46 bits per heavy atom. The third-order valence-corrected chi connectivity index (χ3v) is 2.45. The lowest BCUT2D eigenvalue weighted by Gasteiger charge is -2.11. The predicted octanol–water partition coefficient (Wildman–Crippen LogP) is 3.74. The van der Waals surface area contributed by atoms with Crippen LogP contribution in [0, 0.1) is 5.92 Å². The van der Waals surface area contributed by atoms with Crippen molar-refractivity contribution < 1.29 is 4.79 Å². The smallest absolute Gasteiger partial charge is 0.136 e. The molecule has 1 unspecified atom stereocenters. The van der Waals surface area contributed by atoms with Crippen molar-refractivity contribution >= 4 is 5.78 Å². The quantitative estimate of drug-likeness (QED) is 0.523. The third kappa shape index (κ3) is 5.62. The maximum atomic E-state index is 11.6. The van der Waals surface area contributed by atoms with E-state index in [2.05, 4.69) is 20.4 Å². The van der Waals surface area contributed by atoms with E-state index in [0.717, 1.165) is 19.3 Å². The number of carbonyl (C=O) groups is 1. The van der Waals surface area contributed by atoms with E-state index in [0.29, 0.717) is 18.1 Å². The zero-order valence-electron chi connectivity index (χ0n) is 9.01. The van der Waals surface area contributed by atoms with E-state index in [9.17, 15) is 4.79 Å². The Hall–Kier alpha value is -0.590. The zero-order valence-corrected chi connectivity index (χ0v) is 9.01. The van der Waals surface area contributed by atoms with Crippen molar-refractivity contribution in [2.24, 2.45) is 5.92 Å². The fraction of sp³-hybridized carbons (Fsp3) is 0.750. The summed E-state index contributed by atoms with van der Waals surface area (Å²) in [4.78, 5) is 11.6. The molecule has 0 bridgehead atoms. The van der Waals surface area contributed by atoms with Gasteiger partial charge in [0.1, 0.15) is 5.78 Å². The molecule has 0 saturated heterocycles. The number of rotatable bonds is 8. The highest BCUT2D eigenvalue weighted by molar-refractivity contribution is 5.80. The highest BCUT2D eigenvalue weighted by atomic mass is 16.1. The number of hydrogen-bond acceptors (Lipinski definition) is 1. The molecule has 76 valence electrons. The van der Waals surface area contributed by atoms with E-state index < -0.39 is 0 Å². The summed E-state index contributed by atoms with van der Waals surface area (Å²) in [5.41, 5.74) is 0. The molecule has 1 heteroatoms. The Morgan fingerprint density at radius 3 is 2.62 bits per heavy atom. The molecule has 0 spiro atoms. The van der Waals surface area contributed by atoms with Gasteiger partial charge in [0, 0.05) is 12.3 Å². The van der Waals surface area contributed by atoms with Gasteiger partial charge in [-0.1, -0.05) is 32.8 Å². The third-order valence-electron chi connectivity index (χ3n) is 2.45. The van der Waals surface area contributed by atoms with E-state index in [1.165, 1.54) is 12.8 Å². The summed E-state index contributed by atoms with van der Waals surface area (Å²) in [6.07, 6.45) is 7.78. The van der Waals surface area contributed by atoms with Crippen LogP contribution in [0.3, 0.4) is 0 Å². The topological polar surface area (TPSA) is 17.1 Å². The molecule has 0 aliphatic rings. The molecule has 0 radical (unpaired) electrons. The Kier molecular flexibility index (Phi) is 7.66. The van der Waals surface area contributed by atoms with Gasteiger partial charge < -0.3 is 0 Å². The van der Waals surface area contributed by atoms with E-state index in [1.54, 1.807) is 0 Å². The van der Waals surface area contributed by atoms with Crippen molar-refractivity contribution in [3.8, 4) is 0 Å². The molecule has 13 heavy (non-hydrogen) atoms. The molecule has 0 rings (SSSR count). The summed E-state index contributed by atoms with van der Waals surface area (Å²) < 4.78 is 0. The molecule has 1 nitrogen and oxygen atoms in total. The molecule has 0 fully saturated rings. The molecule has 0 aromatic heterocycles. The Morgan fingerprint density at radius 2 is 2.15 bits per heavy atom. The minimum atomic E-state index is 0.305. The minimum Gasteiger partial charge on any atom is -0.299 e. The van der Waals surface area contributed by atoms with Gasteiger partial charge in [-0.2, -0.15) is 0 Å². The zero-order chi connectivity index (χ0) is 10.1. The van der Waals surface area contributed by atoms with Crippen LogP contribution >= 0.6 is 0 Å². The standard InChI is InChI=1S/C12H22O/c1-4-7-9-11(6-3)12(13)10-8-5-2/h5,11H,2,4,6-10H2,1,3H3. The van der Waals surface area contributed by atoms with Crippen LogP contribution in [0.1, 0.15) is 52.4 Å². The van der Waals surface area contributed by atoms with Crippen LogP contribution in [0.4, 0.5) is 0 Å². The second-order valence-electron chi connectivity index (χ2n) is 3.54. The largest absolute Gasteiger partial charge is 0.299 e. The van der Waals surface area contributed by atoms with Gasteiger partial charge in [-0.3, -0.25) is 4.79 Å². The summed E-state index contributed by atoms with van der Waals surface area (Å²) in [5.74, 6) is 0.732. The van der Waals surface area contributed by atoms with Gasteiger partial charge in [-0.05, 0) is 19.3 Å². The van der Waals surface area contributed by atoms with Crippen LogP contribution in [-0.4, -0.2) is 5.78 Å². The van der Waals surface area contributed by atoms with Crippen molar-refractivity contribution in [1.82, 2.24) is 0 Å². The minimum absolute atomic E-state index is 0.305. The molecule has 0 aromatic carbocycles. The SMILES string of the molecule is C=CCCC(=O)C(CC)CCCC. The second-order valence-corrected chi connectivity index (χ2v) is 3.54. The van der Waals surface area contributed by atoms with E-state index >= 15 is 0 Å². The first-order valence-corrected chi connectivity index (χ1v) is 5.39. The van der Waals surface area contributed by atoms with Gasteiger partial charge in [0.25, 0.3) is 0 Å². The second kappa shape index (κ2) is 8.03. The van der Waals surface area contributed by atoms with Crippen molar-refractivity contribution in [1.29, 1.82) is 0 Å². The summed E-state index contributed by atoms with van der Waals surface area (Å²) in [7, 11) is 0. The summed E-state index contributed by atoms with van der Waals surface area (Å²) in [6.45, 7) is 7.90. The molecular weight excluding hydrogens is 160 g/mol. The lowest BCUT2D eigenvalue weighted by molar-refractivity contribution is -0.123. The van der Waals surface area contributed by atoms with Gasteiger partial charge in [0.2, 0.25) is 0 Å². The van der Waals surface area contributed by atoms with Gasteiger partial charge >= 0.3 is 0 Å². The normalized spacial score (nSPS) is 12.5. The number of ketones is 1. The molecule has 0 N–H and O–H groups in total. The van der Waals surface area contributed by atoms with Gasteiger partial charge in [0.15, 0.2) is 0 Å².